The smallest absolute Gasteiger partial charge is 0.147 e. The molecule has 0 spiro atoms. The van der Waals surface area contributed by atoms with Crippen molar-refractivity contribution in [2.24, 2.45) is 5.73 Å². The van der Waals surface area contributed by atoms with Gasteiger partial charge in [-0.15, -0.1) is 0 Å². The number of hydrogen-bond acceptors (Lipinski definition) is 3. The van der Waals surface area contributed by atoms with Gasteiger partial charge in [0.25, 0.3) is 0 Å². The molecule has 0 atom stereocenters. The van der Waals surface area contributed by atoms with Crippen LogP contribution in [0.25, 0.3) is 0 Å². The van der Waals surface area contributed by atoms with Gasteiger partial charge >= 0.3 is 0 Å². The molecule has 2 N–H and O–H groups in total. The Labute approximate surface area is 116 Å². The zero-order valence-electron chi connectivity index (χ0n) is 10.6. The fourth-order valence-electron chi connectivity index (χ4n) is 1.88. The Balaban J connectivity index is 2.23. The van der Waals surface area contributed by atoms with Crippen LogP contribution in [0.2, 0.25) is 5.02 Å². The predicted molar refractivity (Wildman–Crippen MR) is 75.6 cm³/mol. The second-order valence-corrected chi connectivity index (χ2v) is 4.68. The zero-order valence-corrected chi connectivity index (χ0v) is 11.4. The van der Waals surface area contributed by atoms with E-state index < -0.39 is 0 Å². The molecule has 0 radical (unpaired) electrons. The van der Waals surface area contributed by atoms with E-state index in [1.54, 1.807) is 18.3 Å². The van der Waals surface area contributed by atoms with E-state index >= 15 is 0 Å². The van der Waals surface area contributed by atoms with Crippen LogP contribution < -0.4 is 10.6 Å². The maximum atomic E-state index is 13.1. The van der Waals surface area contributed by atoms with Crippen molar-refractivity contribution in [2.45, 2.75) is 13.1 Å². The van der Waals surface area contributed by atoms with Crippen LogP contribution in [-0.2, 0) is 13.1 Å². The Morgan fingerprint density at radius 1 is 1.37 bits per heavy atom. The molecule has 1 heterocycles. The van der Waals surface area contributed by atoms with Crippen molar-refractivity contribution >= 4 is 17.4 Å². The third-order valence-corrected chi connectivity index (χ3v) is 3.25. The first-order valence-corrected chi connectivity index (χ1v) is 6.28. The molecule has 1 aromatic carbocycles. The molecule has 3 nitrogen and oxygen atoms in total. The fourth-order valence-corrected chi connectivity index (χ4v) is 2.21. The van der Waals surface area contributed by atoms with Crippen LogP contribution in [0.5, 0.6) is 0 Å². The molecule has 0 bridgehead atoms. The van der Waals surface area contributed by atoms with E-state index in [9.17, 15) is 4.39 Å². The van der Waals surface area contributed by atoms with E-state index in [0.29, 0.717) is 23.9 Å². The Hall–Kier alpha value is -1.65. The molecule has 2 aromatic rings. The van der Waals surface area contributed by atoms with Gasteiger partial charge < -0.3 is 10.6 Å². The highest BCUT2D eigenvalue weighted by Crippen LogP contribution is 2.26. The van der Waals surface area contributed by atoms with Crippen molar-refractivity contribution in [1.82, 2.24) is 4.98 Å². The number of anilines is 1. The van der Waals surface area contributed by atoms with Crippen LogP contribution in [0.1, 0.15) is 11.1 Å². The topological polar surface area (TPSA) is 42.2 Å². The van der Waals surface area contributed by atoms with Crippen LogP contribution in [0.4, 0.5) is 10.2 Å². The van der Waals surface area contributed by atoms with Gasteiger partial charge in [0.05, 0.1) is 5.02 Å². The fraction of sp³-hybridized carbons (Fsp3) is 0.214. The summed E-state index contributed by atoms with van der Waals surface area (Å²) in [7, 11) is 1.86. The van der Waals surface area contributed by atoms with E-state index in [2.05, 4.69) is 4.98 Å². The predicted octanol–water partition coefficient (Wildman–Crippen LogP) is 2.97. The molecule has 0 unspecified atom stereocenters. The first-order chi connectivity index (χ1) is 9.11. The van der Waals surface area contributed by atoms with Crippen molar-refractivity contribution in [1.29, 1.82) is 0 Å². The first kappa shape index (κ1) is 13.8. The summed E-state index contributed by atoms with van der Waals surface area (Å²) in [6.07, 6.45) is 1.67. The molecule has 0 saturated carbocycles. The molecule has 19 heavy (non-hydrogen) atoms. The number of hydrogen-bond donors (Lipinski definition) is 1. The number of halogens is 2. The van der Waals surface area contributed by atoms with Gasteiger partial charge in [-0.2, -0.15) is 0 Å². The van der Waals surface area contributed by atoms with Gasteiger partial charge in [0.15, 0.2) is 0 Å². The summed E-state index contributed by atoms with van der Waals surface area (Å²) in [6.45, 7) is 0.890. The van der Waals surface area contributed by atoms with Gasteiger partial charge in [-0.05, 0) is 29.3 Å². The summed E-state index contributed by atoms with van der Waals surface area (Å²) >= 11 is 6.24. The van der Waals surface area contributed by atoms with Crippen molar-refractivity contribution in [3.63, 3.8) is 0 Å². The van der Waals surface area contributed by atoms with Crippen molar-refractivity contribution < 1.29 is 4.39 Å². The lowest BCUT2D eigenvalue weighted by Gasteiger charge is -2.20. The highest BCUT2D eigenvalue weighted by Gasteiger charge is 2.11. The molecule has 0 aliphatic rings. The zero-order chi connectivity index (χ0) is 13.8. The van der Waals surface area contributed by atoms with Gasteiger partial charge in [-0.1, -0.05) is 23.7 Å². The highest BCUT2D eigenvalue weighted by atomic mass is 35.5. The largest absolute Gasteiger partial charge is 0.354 e. The van der Waals surface area contributed by atoms with Crippen LogP contribution in [0.3, 0.4) is 0 Å². The monoisotopic (exact) mass is 279 g/mol. The molecule has 0 aliphatic carbocycles. The lowest BCUT2D eigenvalue weighted by molar-refractivity contribution is 0.625. The van der Waals surface area contributed by atoms with Crippen molar-refractivity contribution in [3.05, 3.63) is 58.5 Å². The summed E-state index contributed by atoms with van der Waals surface area (Å²) in [5.41, 5.74) is 7.32. The minimum Gasteiger partial charge on any atom is -0.354 e. The SMILES string of the molecule is CN(Cc1cccc(F)c1)c1nccc(CN)c1Cl. The van der Waals surface area contributed by atoms with Crippen molar-refractivity contribution in [2.75, 3.05) is 11.9 Å². The maximum absolute atomic E-state index is 13.1. The Bertz CT molecular complexity index is 574. The van der Waals surface area contributed by atoms with E-state index in [-0.39, 0.29) is 5.82 Å². The van der Waals surface area contributed by atoms with Gasteiger partial charge in [-0.3, -0.25) is 0 Å². The Kier molecular flexibility index (Phi) is 4.35. The first-order valence-electron chi connectivity index (χ1n) is 5.91. The number of nitrogens with two attached hydrogens (primary N) is 1. The van der Waals surface area contributed by atoms with Crippen molar-refractivity contribution in [3.8, 4) is 0 Å². The van der Waals surface area contributed by atoms with Gasteiger partial charge in [0.2, 0.25) is 0 Å². The lowest BCUT2D eigenvalue weighted by atomic mass is 10.2. The minimum absolute atomic E-state index is 0.249. The maximum Gasteiger partial charge on any atom is 0.147 e. The Morgan fingerprint density at radius 2 is 2.16 bits per heavy atom. The average Bonchev–Trinajstić information content (AvgIpc) is 2.39. The second-order valence-electron chi connectivity index (χ2n) is 4.30. The highest BCUT2D eigenvalue weighted by molar-refractivity contribution is 6.33. The molecule has 0 aliphatic heterocycles. The van der Waals surface area contributed by atoms with Gasteiger partial charge in [-0.25, -0.2) is 9.37 Å². The summed E-state index contributed by atoms with van der Waals surface area (Å²) in [6, 6.07) is 8.26. The number of benzene rings is 1. The molecule has 0 saturated heterocycles. The summed E-state index contributed by atoms with van der Waals surface area (Å²) in [4.78, 5) is 6.12. The quantitative estimate of drug-likeness (QED) is 0.936. The van der Waals surface area contributed by atoms with Gasteiger partial charge in [0.1, 0.15) is 11.6 Å². The van der Waals surface area contributed by atoms with Crippen LogP contribution in [0.15, 0.2) is 36.5 Å². The molecular formula is C14H15ClFN3. The summed E-state index contributed by atoms with van der Waals surface area (Å²) in [5.74, 6) is 0.398. The van der Waals surface area contributed by atoms with E-state index in [1.165, 1.54) is 12.1 Å². The van der Waals surface area contributed by atoms with E-state index in [0.717, 1.165) is 11.1 Å². The summed E-state index contributed by atoms with van der Waals surface area (Å²) < 4.78 is 13.1. The molecule has 5 heteroatoms. The van der Waals surface area contributed by atoms with Crippen LogP contribution in [0, 0.1) is 5.82 Å². The molecule has 100 valence electrons. The number of rotatable bonds is 4. The number of pyridine rings is 1. The average molecular weight is 280 g/mol. The molecule has 2 rings (SSSR count). The number of aromatic nitrogens is 1. The molecular weight excluding hydrogens is 265 g/mol. The van der Waals surface area contributed by atoms with E-state index in [1.807, 2.05) is 18.0 Å². The van der Waals surface area contributed by atoms with Crippen LogP contribution >= 0.6 is 11.6 Å². The summed E-state index contributed by atoms with van der Waals surface area (Å²) in [5, 5.41) is 0.545. The molecule has 0 fully saturated rings. The van der Waals surface area contributed by atoms with Crippen LogP contribution in [-0.4, -0.2) is 12.0 Å². The van der Waals surface area contributed by atoms with E-state index in [4.69, 9.17) is 17.3 Å². The Morgan fingerprint density at radius 3 is 2.84 bits per heavy atom. The molecule has 0 amide bonds. The minimum atomic E-state index is -0.249. The standard InChI is InChI=1S/C14H15ClFN3/c1-19(9-10-3-2-4-12(16)7-10)14-13(15)11(8-17)5-6-18-14/h2-7H,8-9,17H2,1H3. The third-order valence-electron chi connectivity index (χ3n) is 2.84. The lowest BCUT2D eigenvalue weighted by Crippen LogP contribution is -2.19. The van der Waals surface area contributed by atoms with Gasteiger partial charge in [0, 0.05) is 26.3 Å². The second kappa shape index (κ2) is 5.99. The third kappa shape index (κ3) is 3.22. The normalized spacial score (nSPS) is 10.5. The number of nitrogens with zero attached hydrogens (tertiary/aromatic N) is 2. The molecule has 1 aromatic heterocycles.